The fourth-order valence-electron chi connectivity index (χ4n) is 1.38. The van der Waals surface area contributed by atoms with E-state index in [2.05, 4.69) is 0 Å². The van der Waals surface area contributed by atoms with Crippen LogP contribution >= 0.6 is 11.6 Å². The number of methoxy groups -OCH3 is 1. The summed E-state index contributed by atoms with van der Waals surface area (Å²) >= 11 is 5.91. The maximum Gasteiger partial charge on any atom is 0.147 e. The molecule has 1 atom stereocenters. The average molecular weight is 279 g/mol. The smallest absolute Gasteiger partial charge is 0.147 e. The van der Waals surface area contributed by atoms with Gasteiger partial charge in [0.05, 0.1) is 24.0 Å². The van der Waals surface area contributed by atoms with Crippen LogP contribution in [0.3, 0.4) is 0 Å². The average Bonchev–Trinajstić information content (AvgIpc) is 2.24. The van der Waals surface area contributed by atoms with Gasteiger partial charge in [-0.25, -0.2) is 8.42 Å². The van der Waals surface area contributed by atoms with Crippen molar-refractivity contribution in [2.45, 2.75) is 12.5 Å². The van der Waals surface area contributed by atoms with E-state index in [1.54, 1.807) is 18.2 Å². The normalized spacial score (nSPS) is 13.4. The van der Waals surface area contributed by atoms with Crippen LogP contribution in [0, 0.1) is 0 Å². The molecular formula is C11H15ClO4S. The molecule has 1 aromatic carbocycles. The van der Waals surface area contributed by atoms with Crippen LogP contribution in [-0.2, 0) is 9.84 Å². The van der Waals surface area contributed by atoms with E-state index < -0.39 is 15.9 Å². The minimum Gasteiger partial charge on any atom is -0.495 e. The fourth-order valence-corrected chi connectivity index (χ4v) is 2.30. The Labute approximate surface area is 106 Å². The number of sulfone groups is 1. The van der Waals surface area contributed by atoms with Gasteiger partial charge in [-0.1, -0.05) is 17.7 Å². The van der Waals surface area contributed by atoms with Gasteiger partial charge >= 0.3 is 0 Å². The van der Waals surface area contributed by atoms with Crippen molar-refractivity contribution < 1.29 is 18.3 Å². The van der Waals surface area contributed by atoms with Crippen molar-refractivity contribution in [3.63, 3.8) is 0 Å². The number of aliphatic hydroxyl groups excluding tert-OH is 1. The topological polar surface area (TPSA) is 63.6 Å². The number of halogens is 1. The molecule has 0 amide bonds. The van der Waals surface area contributed by atoms with Crippen LogP contribution in [-0.4, -0.2) is 32.6 Å². The van der Waals surface area contributed by atoms with Gasteiger partial charge < -0.3 is 9.84 Å². The second-order valence-corrected chi connectivity index (χ2v) is 6.50. The number of hydrogen-bond donors (Lipinski definition) is 1. The summed E-state index contributed by atoms with van der Waals surface area (Å²) in [7, 11) is -1.57. The summed E-state index contributed by atoms with van der Waals surface area (Å²) in [5, 5.41) is 10.2. The Morgan fingerprint density at radius 1 is 1.47 bits per heavy atom. The molecule has 6 heteroatoms. The molecule has 0 bridgehead atoms. The highest BCUT2D eigenvalue weighted by Gasteiger charge is 2.13. The molecule has 0 aromatic heterocycles. The Bertz CT molecular complexity index is 484. The highest BCUT2D eigenvalue weighted by Crippen LogP contribution is 2.28. The molecule has 4 nitrogen and oxygen atoms in total. The SMILES string of the molecule is COc1ccc(C(O)CCS(C)(=O)=O)cc1Cl. The number of hydrogen-bond acceptors (Lipinski definition) is 4. The first kappa shape index (κ1) is 14.3. The lowest BCUT2D eigenvalue weighted by atomic mass is 10.1. The quantitative estimate of drug-likeness (QED) is 0.892. The molecule has 1 rings (SSSR count). The predicted molar refractivity (Wildman–Crippen MR) is 67.3 cm³/mol. The Morgan fingerprint density at radius 2 is 2.12 bits per heavy atom. The molecule has 0 aliphatic rings. The summed E-state index contributed by atoms with van der Waals surface area (Å²) < 4.78 is 26.9. The molecule has 0 fully saturated rings. The van der Waals surface area contributed by atoms with E-state index >= 15 is 0 Å². The van der Waals surface area contributed by atoms with Gasteiger partial charge in [-0.05, 0) is 24.1 Å². The molecule has 1 unspecified atom stereocenters. The molecule has 0 heterocycles. The third-order valence-corrected chi connectivity index (χ3v) is 3.60. The van der Waals surface area contributed by atoms with E-state index in [0.29, 0.717) is 16.3 Å². The lowest BCUT2D eigenvalue weighted by Crippen LogP contribution is -2.08. The van der Waals surface area contributed by atoms with Crippen molar-refractivity contribution in [3.8, 4) is 5.75 Å². The largest absolute Gasteiger partial charge is 0.495 e. The Kier molecular flexibility index (Phi) is 4.80. The minimum absolute atomic E-state index is 0.0577. The number of rotatable bonds is 5. The van der Waals surface area contributed by atoms with Gasteiger partial charge in [0.2, 0.25) is 0 Å². The summed E-state index contributed by atoms with van der Waals surface area (Å²) in [5.41, 5.74) is 0.583. The molecular weight excluding hydrogens is 264 g/mol. The van der Waals surface area contributed by atoms with Crippen molar-refractivity contribution in [2.24, 2.45) is 0 Å². The number of aliphatic hydroxyl groups is 1. The number of ether oxygens (including phenoxy) is 1. The van der Waals surface area contributed by atoms with Crippen LogP contribution in [0.1, 0.15) is 18.1 Å². The molecule has 1 N–H and O–H groups in total. The summed E-state index contributed by atoms with van der Waals surface area (Å²) in [4.78, 5) is 0. The highest BCUT2D eigenvalue weighted by atomic mass is 35.5. The van der Waals surface area contributed by atoms with Gasteiger partial charge in [0.25, 0.3) is 0 Å². The monoisotopic (exact) mass is 278 g/mol. The summed E-state index contributed by atoms with van der Waals surface area (Å²) in [6.07, 6.45) is 0.454. The van der Waals surface area contributed by atoms with E-state index in [0.717, 1.165) is 6.26 Å². The molecule has 0 aliphatic carbocycles. The van der Waals surface area contributed by atoms with E-state index in [1.165, 1.54) is 7.11 Å². The van der Waals surface area contributed by atoms with Crippen molar-refractivity contribution in [3.05, 3.63) is 28.8 Å². The predicted octanol–water partition coefficient (Wildman–Crippen LogP) is 1.82. The molecule has 0 spiro atoms. The standard InChI is InChI=1S/C11H15ClO4S/c1-16-11-4-3-8(7-9(11)12)10(13)5-6-17(2,14)15/h3-4,7,10,13H,5-6H2,1-2H3. The highest BCUT2D eigenvalue weighted by molar-refractivity contribution is 7.90. The zero-order valence-corrected chi connectivity index (χ0v) is 11.3. The van der Waals surface area contributed by atoms with Crippen molar-refractivity contribution >= 4 is 21.4 Å². The van der Waals surface area contributed by atoms with Gasteiger partial charge in [-0.2, -0.15) is 0 Å². The van der Waals surface area contributed by atoms with E-state index in [9.17, 15) is 13.5 Å². The first-order chi connectivity index (χ1) is 7.83. The Hall–Kier alpha value is -0.780. The zero-order chi connectivity index (χ0) is 13.1. The van der Waals surface area contributed by atoms with Gasteiger partial charge in [0, 0.05) is 6.26 Å². The van der Waals surface area contributed by atoms with Gasteiger partial charge in [-0.15, -0.1) is 0 Å². The van der Waals surface area contributed by atoms with E-state index in [-0.39, 0.29) is 12.2 Å². The van der Waals surface area contributed by atoms with Crippen LogP contribution in [0.2, 0.25) is 5.02 Å². The lowest BCUT2D eigenvalue weighted by molar-refractivity contribution is 0.174. The number of benzene rings is 1. The Balaban J connectivity index is 2.76. The van der Waals surface area contributed by atoms with Gasteiger partial charge in [-0.3, -0.25) is 0 Å². The van der Waals surface area contributed by atoms with Crippen LogP contribution in [0.4, 0.5) is 0 Å². The minimum atomic E-state index is -3.07. The molecule has 0 saturated carbocycles. The second-order valence-electron chi connectivity index (χ2n) is 3.83. The summed E-state index contributed by atoms with van der Waals surface area (Å²) in [6, 6.07) is 4.88. The third kappa shape index (κ3) is 4.53. The van der Waals surface area contributed by atoms with Crippen molar-refractivity contribution in [2.75, 3.05) is 19.1 Å². The van der Waals surface area contributed by atoms with Crippen LogP contribution in [0.5, 0.6) is 5.75 Å². The molecule has 17 heavy (non-hydrogen) atoms. The maximum absolute atomic E-state index is 11.0. The first-order valence-corrected chi connectivity index (χ1v) is 7.46. The van der Waals surface area contributed by atoms with Crippen LogP contribution in [0.25, 0.3) is 0 Å². The lowest BCUT2D eigenvalue weighted by Gasteiger charge is -2.12. The summed E-state index contributed by atoms with van der Waals surface area (Å²) in [5.74, 6) is 0.461. The van der Waals surface area contributed by atoms with Gasteiger partial charge in [0.1, 0.15) is 15.6 Å². The van der Waals surface area contributed by atoms with Gasteiger partial charge in [0.15, 0.2) is 0 Å². The second kappa shape index (κ2) is 5.71. The van der Waals surface area contributed by atoms with Crippen molar-refractivity contribution in [1.82, 2.24) is 0 Å². The molecule has 96 valence electrons. The van der Waals surface area contributed by atoms with Crippen molar-refractivity contribution in [1.29, 1.82) is 0 Å². The first-order valence-electron chi connectivity index (χ1n) is 5.02. The summed E-state index contributed by atoms with van der Waals surface area (Å²) in [6.45, 7) is 0. The molecule has 0 saturated heterocycles. The third-order valence-electron chi connectivity index (χ3n) is 2.32. The van der Waals surface area contributed by atoms with E-state index in [4.69, 9.17) is 16.3 Å². The zero-order valence-electron chi connectivity index (χ0n) is 9.68. The fraction of sp³-hybridized carbons (Fsp3) is 0.455. The molecule has 1 aromatic rings. The molecule has 0 aliphatic heterocycles. The maximum atomic E-state index is 11.0. The molecule has 0 radical (unpaired) electrons. The van der Waals surface area contributed by atoms with Crippen LogP contribution < -0.4 is 4.74 Å². The Morgan fingerprint density at radius 3 is 2.59 bits per heavy atom. The van der Waals surface area contributed by atoms with E-state index in [1.807, 2.05) is 0 Å². The van der Waals surface area contributed by atoms with Crippen LogP contribution in [0.15, 0.2) is 18.2 Å².